The van der Waals surface area contributed by atoms with E-state index in [0.717, 1.165) is 24.3 Å². The van der Waals surface area contributed by atoms with Crippen molar-refractivity contribution >= 4 is 21.5 Å². The number of nitro benzene ring substituents is 2. The Morgan fingerprint density at radius 2 is 1.38 bits per heavy atom. The molecule has 0 aliphatic carbocycles. The van der Waals surface area contributed by atoms with E-state index in [4.69, 9.17) is 4.18 Å². The molecule has 10 heteroatoms. The van der Waals surface area contributed by atoms with Crippen LogP contribution in [0.3, 0.4) is 0 Å². The third-order valence-electron chi connectivity index (χ3n) is 3.09. The Morgan fingerprint density at radius 3 is 1.92 bits per heavy atom. The SMILES string of the molecule is Cc1ccc(OS(=O)(=O)c2ccc(C)cc2[N+](=O)[O-])c([N+](=O)[O-])c1. The highest BCUT2D eigenvalue weighted by atomic mass is 32.2. The summed E-state index contributed by atoms with van der Waals surface area (Å²) >= 11 is 0. The third kappa shape index (κ3) is 3.49. The highest BCUT2D eigenvalue weighted by Gasteiger charge is 2.30. The van der Waals surface area contributed by atoms with Crippen LogP contribution in [0.15, 0.2) is 41.3 Å². The predicted molar refractivity (Wildman–Crippen MR) is 83.5 cm³/mol. The standard InChI is InChI=1S/C14H12N2O7S/c1-9-3-5-13(11(7-9)15(17)18)23-24(21,22)14-6-4-10(2)8-12(14)16(19)20/h3-8H,1-2H3. The van der Waals surface area contributed by atoms with Crippen LogP contribution >= 0.6 is 0 Å². The Hall–Kier alpha value is -3.01. The Labute approximate surface area is 136 Å². The molecule has 24 heavy (non-hydrogen) atoms. The lowest BCUT2D eigenvalue weighted by atomic mass is 10.2. The van der Waals surface area contributed by atoms with E-state index in [9.17, 15) is 28.6 Å². The van der Waals surface area contributed by atoms with Crippen molar-refractivity contribution in [2.75, 3.05) is 0 Å². The molecule has 126 valence electrons. The van der Waals surface area contributed by atoms with E-state index < -0.39 is 42.0 Å². The van der Waals surface area contributed by atoms with Gasteiger partial charge >= 0.3 is 15.8 Å². The first-order valence-corrected chi connectivity index (χ1v) is 7.97. The first kappa shape index (κ1) is 17.3. The summed E-state index contributed by atoms with van der Waals surface area (Å²) in [7, 11) is -4.62. The molecule has 0 saturated heterocycles. The van der Waals surface area contributed by atoms with Gasteiger partial charge in [0.1, 0.15) is 0 Å². The van der Waals surface area contributed by atoms with E-state index in [2.05, 4.69) is 0 Å². The molecule has 0 heterocycles. The fourth-order valence-electron chi connectivity index (χ4n) is 1.99. The maximum Gasteiger partial charge on any atom is 0.346 e. The number of nitro groups is 2. The van der Waals surface area contributed by atoms with Crippen LogP contribution in [0.4, 0.5) is 11.4 Å². The van der Waals surface area contributed by atoms with Gasteiger partial charge in [0.05, 0.1) is 9.85 Å². The molecule has 0 saturated carbocycles. The van der Waals surface area contributed by atoms with Gasteiger partial charge in [0.2, 0.25) is 5.75 Å². The molecular weight excluding hydrogens is 340 g/mol. The van der Waals surface area contributed by atoms with Crippen LogP contribution < -0.4 is 4.18 Å². The topological polar surface area (TPSA) is 130 Å². The third-order valence-corrected chi connectivity index (χ3v) is 4.37. The Morgan fingerprint density at radius 1 is 0.875 bits per heavy atom. The summed E-state index contributed by atoms with van der Waals surface area (Å²) in [5.74, 6) is -0.513. The number of aryl methyl sites for hydroxylation is 2. The maximum absolute atomic E-state index is 12.3. The molecule has 9 nitrogen and oxygen atoms in total. The fraction of sp³-hybridized carbons (Fsp3) is 0.143. The van der Waals surface area contributed by atoms with Crippen LogP contribution in [0.1, 0.15) is 11.1 Å². The van der Waals surface area contributed by atoms with Gasteiger partial charge < -0.3 is 4.18 Å². The van der Waals surface area contributed by atoms with Gasteiger partial charge in [-0.3, -0.25) is 20.2 Å². The second-order valence-electron chi connectivity index (χ2n) is 4.99. The van der Waals surface area contributed by atoms with Crippen molar-refractivity contribution in [3.05, 3.63) is 67.8 Å². The summed E-state index contributed by atoms with van der Waals surface area (Å²) in [6.45, 7) is 3.16. The number of benzene rings is 2. The summed E-state index contributed by atoms with van der Waals surface area (Å²) < 4.78 is 29.5. The van der Waals surface area contributed by atoms with E-state index >= 15 is 0 Å². The predicted octanol–water partition coefficient (Wildman–Crippen LogP) is 2.89. The molecule has 0 fully saturated rings. The van der Waals surface area contributed by atoms with Crippen molar-refractivity contribution in [3.8, 4) is 5.75 Å². The molecule has 0 N–H and O–H groups in total. The average molecular weight is 352 g/mol. The first-order valence-electron chi connectivity index (χ1n) is 6.56. The van der Waals surface area contributed by atoms with Gasteiger partial charge in [-0.2, -0.15) is 8.42 Å². The van der Waals surface area contributed by atoms with Crippen molar-refractivity contribution < 1.29 is 22.4 Å². The van der Waals surface area contributed by atoms with Gasteiger partial charge in [-0.1, -0.05) is 12.1 Å². The van der Waals surface area contributed by atoms with Crippen molar-refractivity contribution in [2.24, 2.45) is 0 Å². The van der Waals surface area contributed by atoms with Crippen molar-refractivity contribution in [2.45, 2.75) is 18.7 Å². The van der Waals surface area contributed by atoms with Crippen molar-refractivity contribution in [1.29, 1.82) is 0 Å². The average Bonchev–Trinajstić information content (AvgIpc) is 2.48. The number of nitrogens with zero attached hydrogens (tertiary/aromatic N) is 2. The van der Waals surface area contributed by atoms with E-state index in [-0.39, 0.29) is 0 Å². The smallest absolute Gasteiger partial charge is 0.346 e. The minimum atomic E-state index is -4.62. The highest BCUT2D eigenvalue weighted by Crippen LogP contribution is 2.33. The molecular formula is C14H12N2O7S. The van der Waals surface area contributed by atoms with Crippen molar-refractivity contribution in [3.63, 3.8) is 0 Å². The van der Waals surface area contributed by atoms with Gasteiger partial charge in [-0.15, -0.1) is 0 Å². The zero-order chi connectivity index (χ0) is 18.1. The van der Waals surface area contributed by atoms with E-state index in [0.29, 0.717) is 11.1 Å². The summed E-state index contributed by atoms with van der Waals surface area (Å²) in [5.41, 5.74) is -0.187. The van der Waals surface area contributed by atoms with Crippen LogP contribution in [0, 0.1) is 34.1 Å². The molecule has 0 aromatic heterocycles. The Balaban J connectivity index is 2.55. The molecule has 0 unspecified atom stereocenters. The highest BCUT2D eigenvalue weighted by molar-refractivity contribution is 7.87. The van der Waals surface area contributed by atoms with Gasteiger partial charge in [-0.25, -0.2) is 0 Å². The lowest BCUT2D eigenvalue weighted by Gasteiger charge is -2.08. The quantitative estimate of drug-likeness (QED) is 0.459. The summed E-state index contributed by atoms with van der Waals surface area (Å²) in [4.78, 5) is 19.8. The number of hydrogen-bond donors (Lipinski definition) is 0. The molecule has 2 aromatic rings. The van der Waals surface area contributed by atoms with Gasteiger partial charge in [0, 0.05) is 12.1 Å². The number of rotatable bonds is 5. The van der Waals surface area contributed by atoms with Crippen molar-refractivity contribution in [1.82, 2.24) is 0 Å². The van der Waals surface area contributed by atoms with Crippen LogP contribution in [0.5, 0.6) is 5.75 Å². The Bertz CT molecular complexity index is 938. The molecule has 0 aliphatic heterocycles. The summed E-state index contributed by atoms with van der Waals surface area (Å²) in [5, 5.41) is 22.1. The second-order valence-corrected chi connectivity index (χ2v) is 6.51. The van der Waals surface area contributed by atoms with Crippen LogP contribution in [-0.4, -0.2) is 18.3 Å². The minimum absolute atomic E-state index is 0.488. The fourth-order valence-corrected chi connectivity index (χ4v) is 3.08. The normalized spacial score (nSPS) is 11.1. The lowest BCUT2D eigenvalue weighted by Crippen LogP contribution is -2.13. The summed E-state index contributed by atoms with van der Waals surface area (Å²) in [6.07, 6.45) is 0. The Kier molecular flexibility index (Phi) is 4.51. The van der Waals surface area contributed by atoms with E-state index in [1.807, 2.05) is 0 Å². The van der Waals surface area contributed by atoms with E-state index in [1.54, 1.807) is 13.8 Å². The molecule has 0 bridgehead atoms. The lowest BCUT2D eigenvalue weighted by molar-refractivity contribution is -0.388. The second kappa shape index (κ2) is 6.24. The molecule has 0 spiro atoms. The molecule has 2 rings (SSSR count). The zero-order valence-corrected chi connectivity index (χ0v) is 13.4. The molecule has 0 atom stereocenters. The molecule has 0 radical (unpaired) electrons. The van der Waals surface area contributed by atoms with Gasteiger partial charge in [-0.05, 0) is 37.1 Å². The first-order chi connectivity index (χ1) is 11.1. The summed E-state index contributed by atoms with van der Waals surface area (Å²) in [6, 6.07) is 7.19. The van der Waals surface area contributed by atoms with Crippen LogP contribution in [-0.2, 0) is 10.1 Å². The monoisotopic (exact) mass is 352 g/mol. The zero-order valence-electron chi connectivity index (χ0n) is 12.6. The van der Waals surface area contributed by atoms with Gasteiger partial charge in [0.15, 0.2) is 4.90 Å². The largest absolute Gasteiger partial charge is 0.371 e. The van der Waals surface area contributed by atoms with Crippen LogP contribution in [0.25, 0.3) is 0 Å². The molecule has 2 aromatic carbocycles. The van der Waals surface area contributed by atoms with Crippen LogP contribution in [0.2, 0.25) is 0 Å². The molecule has 0 amide bonds. The number of hydrogen-bond acceptors (Lipinski definition) is 7. The maximum atomic E-state index is 12.3. The molecule has 0 aliphatic rings. The van der Waals surface area contributed by atoms with Gasteiger partial charge in [0.25, 0.3) is 5.69 Å². The minimum Gasteiger partial charge on any atom is -0.371 e. The van der Waals surface area contributed by atoms with E-state index in [1.165, 1.54) is 12.1 Å².